The lowest BCUT2D eigenvalue weighted by Crippen LogP contribution is -2.44. The number of unbranched alkanes of at least 4 members (excludes halogenated alkanes) is 4. The van der Waals surface area contributed by atoms with E-state index in [1.807, 2.05) is 6.92 Å². The molecule has 0 saturated heterocycles. The number of nitrogens with one attached hydrogen (secondary N) is 2. The molecule has 1 heterocycles. The summed E-state index contributed by atoms with van der Waals surface area (Å²) >= 11 is 0. The lowest BCUT2D eigenvalue weighted by Gasteiger charge is -2.34. The predicted octanol–water partition coefficient (Wildman–Crippen LogP) is 2.15. The van der Waals surface area contributed by atoms with Crippen molar-refractivity contribution in [2.45, 2.75) is 83.5 Å². The van der Waals surface area contributed by atoms with Crippen LogP contribution in [0.3, 0.4) is 0 Å². The Labute approximate surface area is 204 Å². The van der Waals surface area contributed by atoms with Crippen LogP contribution in [0.1, 0.15) is 71.3 Å². The summed E-state index contributed by atoms with van der Waals surface area (Å²) in [5.74, 6) is 0.209. The van der Waals surface area contributed by atoms with E-state index in [-0.39, 0.29) is 18.8 Å². The Morgan fingerprint density at radius 1 is 1.31 bits per heavy atom. The Morgan fingerprint density at radius 2 is 1.89 bits per heavy atom. The number of carbonyl (C=O) groups excluding carboxylic acids is 2. The number of aliphatic hydroxyl groups is 1. The monoisotopic (exact) mass is 494 g/mol. The van der Waals surface area contributed by atoms with Crippen LogP contribution < -0.4 is 16.5 Å². The summed E-state index contributed by atoms with van der Waals surface area (Å²) in [6.45, 7) is 3.59. The van der Waals surface area contributed by atoms with Crippen LogP contribution in [0, 0.1) is 29.5 Å². The summed E-state index contributed by atoms with van der Waals surface area (Å²) in [5, 5.41) is 21.2. The molecular formula is C24H35FN4O6. The Kier molecular flexibility index (Phi) is 10.4. The van der Waals surface area contributed by atoms with E-state index in [9.17, 15) is 23.9 Å². The van der Waals surface area contributed by atoms with Crippen molar-refractivity contribution in [3.8, 4) is 12.3 Å². The van der Waals surface area contributed by atoms with Crippen molar-refractivity contribution in [3.05, 3.63) is 22.5 Å². The fraction of sp³-hybridized carbons (Fsp3) is 0.667. The molecular weight excluding hydrogens is 459 g/mol. The molecule has 4 N–H and O–H groups in total. The van der Waals surface area contributed by atoms with Gasteiger partial charge in [-0.05, 0) is 32.1 Å². The summed E-state index contributed by atoms with van der Waals surface area (Å²) in [7, 11) is 1.45. The number of aromatic nitrogens is 2. The van der Waals surface area contributed by atoms with Crippen molar-refractivity contribution < 1.29 is 29.0 Å². The SMILES string of the molecule is C#C[C@@H](O)C1([C@@H](OC)[C@@H](C)n2cc(F)c(NC(=O)CCCCCCCC(=O)NO)nc2=O)CC1C. The minimum Gasteiger partial charge on any atom is -0.380 e. The zero-order valence-electron chi connectivity index (χ0n) is 20.4. The van der Waals surface area contributed by atoms with E-state index in [0.717, 1.165) is 30.0 Å². The largest absolute Gasteiger partial charge is 0.380 e. The van der Waals surface area contributed by atoms with E-state index in [1.54, 1.807) is 12.4 Å². The van der Waals surface area contributed by atoms with Crippen molar-refractivity contribution in [1.29, 1.82) is 0 Å². The number of hydrogen-bond acceptors (Lipinski definition) is 7. The summed E-state index contributed by atoms with van der Waals surface area (Å²) in [6.07, 6.45) is 9.19. The number of hydrogen-bond donors (Lipinski definition) is 4. The first-order valence-corrected chi connectivity index (χ1v) is 11.8. The molecule has 1 fully saturated rings. The lowest BCUT2D eigenvalue weighted by molar-refractivity contribution is -0.129. The third kappa shape index (κ3) is 6.87. The van der Waals surface area contributed by atoms with E-state index in [1.165, 1.54) is 7.11 Å². The highest BCUT2D eigenvalue weighted by atomic mass is 19.1. The van der Waals surface area contributed by atoms with Crippen LogP contribution >= 0.6 is 0 Å². The second-order valence-electron chi connectivity index (χ2n) is 9.16. The minimum atomic E-state index is -1.07. The first-order valence-electron chi connectivity index (χ1n) is 11.8. The second kappa shape index (κ2) is 12.8. The zero-order chi connectivity index (χ0) is 26.2. The maximum absolute atomic E-state index is 14.7. The summed E-state index contributed by atoms with van der Waals surface area (Å²) < 4.78 is 21.4. The van der Waals surface area contributed by atoms with Crippen LogP contribution in [0.15, 0.2) is 11.0 Å². The third-order valence-corrected chi connectivity index (χ3v) is 6.84. The van der Waals surface area contributed by atoms with Crippen LogP contribution in [0.25, 0.3) is 0 Å². The lowest BCUT2D eigenvalue weighted by atomic mass is 9.86. The molecule has 1 saturated carbocycles. The molecule has 1 aromatic heterocycles. The Balaban J connectivity index is 1.95. The van der Waals surface area contributed by atoms with Gasteiger partial charge in [-0.3, -0.25) is 19.4 Å². The molecule has 35 heavy (non-hydrogen) atoms. The molecule has 2 unspecified atom stereocenters. The molecule has 0 spiro atoms. The number of hydroxylamine groups is 1. The van der Waals surface area contributed by atoms with Gasteiger partial charge in [-0.1, -0.05) is 32.1 Å². The van der Waals surface area contributed by atoms with Crippen LogP contribution in [-0.4, -0.2) is 51.0 Å². The quantitative estimate of drug-likeness (QED) is 0.134. The number of ether oxygens (including phenoxy) is 1. The highest BCUT2D eigenvalue weighted by Gasteiger charge is 2.62. The first-order chi connectivity index (χ1) is 16.6. The number of aliphatic hydroxyl groups excluding tert-OH is 1. The van der Waals surface area contributed by atoms with Crippen molar-refractivity contribution >= 4 is 17.6 Å². The number of anilines is 1. The van der Waals surface area contributed by atoms with Crippen molar-refractivity contribution in [1.82, 2.24) is 15.0 Å². The molecule has 2 rings (SSSR count). The highest BCUT2D eigenvalue weighted by Crippen LogP contribution is 2.60. The summed E-state index contributed by atoms with van der Waals surface area (Å²) in [5.41, 5.74) is 0.0725. The van der Waals surface area contributed by atoms with Gasteiger partial charge in [0.1, 0.15) is 6.10 Å². The maximum Gasteiger partial charge on any atom is 0.350 e. The number of halogens is 1. The highest BCUT2D eigenvalue weighted by molar-refractivity contribution is 5.89. The summed E-state index contributed by atoms with van der Waals surface area (Å²) in [6, 6.07) is -0.671. The molecule has 10 nitrogen and oxygen atoms in total. The van der Waals surface area contributed by atoms with Crippen LogP contribution in [0.5, 0.6) is 0 Å². The van der Waals surface area contributed by atoms with Gasteiger partial charge < -0.3 is 15.2 Å². The predicted molar refractivity (Wildman–Crippen MR) is 126 cm³/mol. The van der Waals surface area contributed by atoms with Gasteiger partial charge in [0, 0.05) is 31.6 Å². The van der Waals surface area contributed by atoms with E-state index in [4.69, 9.17) is 16.4 Å². The summed E-state index contributed by atoms with van der Waals surface area (Å²) in [4.78, 5) is 39.5. The van der Waals surface area contributed by atoms with Gasteiger partial charge in [0.15, 0.2) is 11.6 Å². The van der Waals surface area contributed by atoms with Gasteiger partial charge in [-0.25, -0.2) is 14.7 Å². The zero-order valence-corrected chi connectivity index (χ0v) is 20.4. The van der Waals surface area contributed by atoms with E-state index in [0.29, 0.717) is 19.3 Å². The van der Waals surface area contributed by atoms with E-state index < -0.39 is 52.8 Å². The standard InChI is InChI=1S/C24H35FN4O6/c1-5-18(30)24(13-15(24)2)21(35-4)16(3)29-14-17(25)22(27-23(29)33)26-19(31)11-9-7-6-8-10-12-20(32)28-34/h1,14-16,18,21,30,34H,6-13H2,2-4H3,(H,28,32)(H,26,27,31,33)/t15?,16-,18-,21+,24?/m1/s1. The smallest absolute Gasteiger partial charge is 0.350 e. The van der Waals surface area contributed by atoms with Crippen LogP contribution in [0.4, 0.5) is 10.2 Å². The van der Waals surface area contributed by atoms with E-state index >= 15 is 0 Å². The maximum atomic E-state index is 14.7. The fourth-order valence-electron chi connectivity index (χ4n) is 4.75. The molecule has 0 aromatic carbocycles. The molecule has 5 atom stereocenters. The van der Waals surface area contributed by atoms with Gasteiger partial charge >= 0.3 is 5.69 Å². The number of rotatable bonds is 14. The average molecular weight is 495 g/mol. The van der Waals surface area contributed by atoms with Gasteiger partial charge in [0.25, 0.3) is 0 Å². The fourth-order valence-corrected chi connectivity index (χ4v) is 4.75. The van der Waals surface area contributed by atoms with Gasteiger partial charge in [0.2, 0.25) is 11.8 Å². The molecule has 1 aliphatic rings. The number of methoxy groups -OCH3 is 1. The Hall–Kier alpha value is -2.81. The Morgan fingerprint density at radius 3 is 2.40 bits per heavy atom. The van der Waals surface area contributed by atoms with Crippen molar-refractivity contribution in [2.75, 3.05) is 12.4 Å². The molecule has 0 aliphatic heterocycles. The third-order valence-electron chi connectivity index (χ3n) is 6.84. The number of terminal acetylenes is 1. The van der Waals surface area contributed by atoms with Crippen molar-refractivity contribution in [3.63, 3.8) is 0 Å². The number of carbonyl (C=O) groups is 2. The normalized spacial score (nSPS) is 21.5. The van der Waals surface area contributed by atoms with E-state index in [2.05, 4.69) is 16.2 Å². The first kappa shape index (κ1) is 28.4. The van der Waals surface area contributed by atoms with Gasteiger partial charge in [-0.2, -0.15) is 4.98 Å². The van der Waals surface area contributed by atoms with Crippen LogP contribution in [0.2, 0.25) is 0 Å². The number of amides is 2. The van der Waals surface area contributed by atoms with Crippen LogP contribution in [-0.2, 0) is 14.3 Å². The molecule has 11 heteroatoms. The second-order valence-corrected chi connectivity index (χ2v) is 9.16. The topological polar surface area (TPSA) is 143 Å². The molecule has 0 radical (unpaired) electrons. The van der Waals surface area contributed by atoms with Crippen molar-refractivity contribution in [2.24, 2.45) is 11.3 Å². The molecule has 1 aromatic rings. The minimum absolute atomic E-state index is 0.0630. The number of nitrogens with zero attached hydrogens (tertiary/aromatic N) is 2. The van der Waals surface area contributed by atoms with Gasteiger partial charge in [-0.15, -0.1) is 6.42 Å². The molecule has 1 aliphatic carbocycles. The molecule has 0 bridgehead atoms. The Bertz CT molecular complexity index is 993. The average Bonchev–Trinajstić information content (AvgIpc) is 3.51. The molecule has 2 amide bonds. The van der Waals surface area contributed by atoms with Gasteiger partial charge in [0.05, 0.1) is 12.1 Å². The molecule has 194 valence electrons.